The molecule has 2 N–H and O–H groups in total. The lowest BCUT2D eigenvalue weighted by molar-refractivity contribution is 0.0928. The van der Waals surface area contributed by atoms with Crippen LogP contribution in [-0.2, 0) is 6.54 Å². The molecule has 26 heavy (non-hydrogen) atoms. The Balaban J connectivity index is 1.61. The van der Waals surface area contributed by atoms with Gasteiger partial charge in [-0.05, 0) is 31.0 Å². The van der Waals surface area contributed by atoms with Crippen LogP contribution in [-0.4, -0.2) is 24.0 Å². The van der Waals surface area contributed by atoms with Gasteiger partial charge in [0.1, 0.15) is 11.4 Å². The summed E-state index contributed by atoms with van der Waals surface area (Å²) in [6, 6.07) is 11.8. The summed E-state index contributed by atoms with van der Waals surface area (Å²) < 4.78 is 5.37. The Bertz CT molecular complexity index is 725. The van der Waals surface area contributed by atoms with Gasteiger partial charge < -0.3 is 15.4 Å². The lowest BCUT2D eigenvalue weighted by atomic mass is 10.1. The minimum Gasteiger partial charge on any atom is -0.496 e. The number of pyridine rings is 1. The van der Waals surface area contributed by atoms with Crippen LogP contribution in [0.2, 0.25) is 0 Å². The average Bonchev–Trinajstić information content (AvgIpc) is 2.95. The van der Waals surface area contributed by atoms with E-state index in [2.05, 4.69) is 15.6 Å². The van der Waals surface area contributed by atoms with Crippen LogP contribution in [0.4, 0.5) is 5.69 Å². The summed E-state index contributed by atoms with van der Waals surface area (Å²) in [4.78, 5) is 16.8. The molecule has 0 spiro atoms. The first-order valence-electron chi connectivity index (χ1n) is 9.39. The maximum Gasteiger partial charge on any atom is 0.270 e. The summed E-state index contributed by atoms with van der Waals surface area (Å²) in [6.07, 6.45) is 8.74. The molecule has 1 heterocycles. The van der Waals surface area contributed by atoms with Crippen molar-refractivity contribution in [2.45, 2.75) is 51.1 Å². The van der Waals surface area contributed by atoms with E-state index in [-0.39, 0.29) is 11.9 Å². The Labute approximate surface area is 155 Å². The molecule has 0 saturated heterocycles. The topological polar surface area (TPSA) is 63.2 Å². The van der Waals surface area contributed by atoms with Crippen molar-refractivity contribution in [2.24, 2.45) is 0 Å². The number of amides is 1. The monoisotopic (exact) mass is 353 g/mol. The number of methoxy groups -OCH3 is 1. The molecule has 0 atom stereocenters. The molecule has 2 aromatic rings. The van der Waals surface area contributed by atoms with Crippen LogP contribution < -0.4 is 15.4 Å². The second-order valence-electron chi connectivity index (χ2n) is 6.76. The highest BCUT2D eigenvalue weighted by molar-refractivity contribution is 5.93. The zero-order valence-corrected chi connectivity index (χ0v) is 15.3. The average molecular weight is 353 g/mol. The number of para-hydroxylation sites is 1. The van der Waals surface area contributed by atoms with Crippen molar-refractivity contribution in [1.29, 1.82) is 0 Å². The molecule has 0 radical (unpaired) electrons. The third-order valence-electron chi connectivity index (χ3n) is 4.86. The van der Waals surface area contributed by atoms with Crippen LogP contribution in [0.3, 0.4) is 0 Å². The van der Waals surface area contributed by atoms with Gasteiger partial charge in [0, 0.05) is 30.0 Å². The molecule has 0 bridgehead atoms. The summed E-state index contributed by atoms with van der Waals surface area (Å²) >= 11 is 0. The Morgan fingerprint density at radius 3 is 2.69 bits per heavy atom. The number of carbonyl (C=O) groups is 1. The third-order valence-corrected chi connectivity index (χ3v) is 4.86. The Kier molecular flexibility index (Phi) is 6.47. The van der Waals surface area contributed by atoms with E-state index in [0.717, 1.165) is 29.8 Å². The number of aromatic nitrogens is 1. The molecular formula is C21H27N3O2. The molecule has 1 aliphatic rings. The number of anilines is 1. The van der Waals surface area contributed by atoms with E-state index < -0.39 is 0 Å². The van der Waals surface area contributed by atoms with Crippen LogP contribution in [0.15, 0.2) is 42.6 Å². The summed E-state index contributed by atoms with van der Waals surface area (Å²) in [5, 5.41) is 6.49. The fourth-order valence-electron chi connectivity index (χ4n) is 3.39. The fourth-order valence-corrected chi connectivity index (χ4v) is 3.39. The molecule has 1 saturated carbocycles. The summed E-state index contributed by atoms with van der Waals surface area (Å²) in [7, 11) is 1.67. The minimum atomic E-state index is -0.0853. The number of ether oxygens (including phenoxy) is 1. The van der Waals surface area contributed by atoms with Gasteiger partial charge in [-0.2, -0.15) is 0 Å². The van der Waals surface area contributed by atoms with Crippen molar-refractivity contribution in [2.75, 3.05) is 12.4 Å². The highest BCUT2D eigenvalue weighted by atomic mass is 16.5. The molecule has 1 amide bonds. The molecule has 5 nitrogen and oxygen atoms in total. The van der Waals surface area contributed by atoms with Crippen molar-refractivity contribution < 1.29 is 9.53 Å². The van der Waals surface area contributed by atoms with Gasteiger partial charge in [-0.3, -0.25) is 9.78 Å². The summed E-state index contributed by atoms with van der Waals surface area (Å²) in [6.45, 7) is 0.623. The van der Waals surface area contributed by atoms with E-state index in [1.54, 1.807) is 19.4 Å². The molecule has 0 aliphatic heterocycles. The maximum atomic E-state index is 12.5. The molecule has 1 aliphatic carbocycles. The molecule has 138 valence electrons. The van der Waals surface area contributed by atoms with Crippen LogP contribution >= 0.6 is 0 Å². The molecule has 5 heteroatoms. The zero-order chi connectivity index (χ0) is 18.2. The number of nitrogens with zero attached hydrogens (tertiary/aromatic N) is 1. The van der Waals surface area contributed by atoms with Gasteiger partial charge in [0.05, 0.1) is 7.11 Å². The van der Waals surface area contributed by atoms with E-state index in [1.807, 2.05) is 30.3 Å². The van der Waals surface area contributed by atoms with E-state index in [4.69, 9.17) is 4.74 Å². The first-order chi connectivity index (χ1) is 12.8. The molecule has 3 rings (SSSR count). The lowest BCUT2D eigenvalue weighted by Gasteiger charge is -2.16. The Morgan fingerprint density at radius 2 is 1.92 bits per heavy atom. The van der Waals surface area contributed by atoms with Crippen molar-refractivity contribution in [1.82, 2.24) is 10.3 Å². The standard InChI is InChI=1S/C21H27N3O2/c1-26-20-11-7-6-8-16(20)15-23-18-12-13-22-19(14-18)21(25)24-17-9-4-2-3-5-10-17/h6-8,11-14,17H,2-5,9-10,15H2,1H3,(H,22,23)(H,24,25). The van der Waals surface area contributed by atoms with Crippen LogP contribution in [0.25, 0.3) is 0 Å². The zero-order valence-electron chi connectivity index (χ0n) is 15.3. The fraction of sp³-hybridized carbons (Fsp3) is 0.429. The normalized spacial score (nSPS) is 15.1. The van der Waals surface area contributed by atoms with Crippen LogP contribution in [0.5, 0.6) is 5.75 Å². The van der Waals surface area contributed by atoms with E-state index >= 15 is 0 Å². The van der Waals surface area contributed by atoms with Crippen LogP contribution in [0.1, 0.15) is 54.6 Å². The van der Waals surface area contributed by atoms with Gasteiger partial charge in [0.2, 0.25) is 0 Å². The minimum absolute atomic E-state index is 0.0853. The second kappa shape index (κ2) is 9.22. The van der Waals surface area contributed by atoms with E-state index in [0.29, 0.717) is 12.2 Å². The molecule has 1 fully saturated rings. The molecular weight excluding hydrogens is 326 g/mol. The summed E-state index contributed by atoms with van der Waals surface area (Å²) in [5.74, 6) is 0.762. The van der Waals surface area contributed by atoms with Gasteiger partial charge >= 0.3 is 0 Å². The smallest absolute Gasteiger partial charge is 0.270 e. The predicted molar refractivity (Wildman–Crippen MR) is 104 cm³/mol. The van der Waals surface area contributed by atoms with Crippen molar-refractivity contribution >= 4 is 11.6 Å². The van der Waals surface area contributed by atoms with Crippen molar-refractivity contribution in [3.63, 3.8) is 0 Å². The Hall–Kier alpha value is -2.56. The highest BCUT2D eigenvalue weighted by Crippen LogP contribution is 2.20. The first-order valence-corrected chi connectivity index (χ1v) is 9.39. The van der Waals surface area contributed by atoms with Crippen molar-refractivity contribution in [3.8, 4) is 5.75 Å². The predicted octanol–water partition coefficient (Wildman–Crippen LogP) is 4.15. The largest absolute Gasteiger partial charge is 0.496 e. The second-order valence-corrected chi connectivity index (χ2v) is 6.76. The number of hydrogen-bond acceptors (Lipinski definition) is 4. The summed E-state index contributed by atoms with van der Waals surface area (Å²) in [5.41, 5.74) is 2.40. The van der Waals surface area contributed by atoms with E-state index in [9.17, 15) is 4.79 Å². The SMILES string of the molecule is COc1ccccc1CNc1ccnc(C(=O)NC2CCCCCC2)c1. The quantitative estimate of drug-likeness (QED) is 0.766. The van der Waals surface area contributed by atoms with E-state index in [1.165, 1.54) is 25.7 Å². The number of hydrogen-bond donors (Lipinski definition) is 2. The van der Waals surface area contributed by atoms with Gasteiger partial charge in [-0.15, -0.1) is 0 Å². The third kappa shape index (κ3) is 4.97. The Morgan fingerprint density at radius 1 is 1.15 bits per heavy atom. The van der Waals surface area contributed by atoms with Gasteiger partial charge in [-0.25, -0.2) is 0 Å². The highest BCUT2D eigenvalue weighted by Gasteiger charge is 2.16. The molecule has 1 aromatic heterocycles. The lowest BCUT2D eigenvalue weighted by Crippen LogP contribution is -2.34. The number of carbonyl (C=O) groups excluding carboxylic acids is 1. The molecule has 1 aromatic carbocycles. The van der Waals surface area contributed by atoms with Gasteiger partial charge in [-0.1, -0.05) is 43.9 Å². The maximum absolute atomic E-state index is 12.5. The van der Waals surface area contributed by atoms with Gasteiger partial charge in [0.15, 0.2) is 0 Å². The number of nitrogens with one attached hydrogen (secondary N) is 2. The molecule has 0 unspecified atom stereocenters. The number of rotatable bonds is 6. The first kappa shape index (κ1) is 18.2. The number of benzene rings is 1. The van der Waals surface area contributed by atoms with Gasteiger partial charge in [0.25, 0.3) is 5.91 Å². The van der Waals surface area contributed by atoms with Crippen molar-refractivity contribution in [3.05, 3.63) is 53.9 Å². The van der Waals surface area contributed by atoms with Crippen LogP contribution in [0, 0.1) is 0 Å².